The fourth-order valence-corrected chi connectivity index (χ4v) is 4.85. The van der Waals surface area contributed by atoms with Crippen LogP contribution in [0.1, 0.15) is 35.3 Å². The highest BCUT2D eigenvalue weighted by Crippen LogP contribution is 2.35. The lowest BCUT2D eigenvalue weighted by Gasteiger charge is -2.38. The van der Waals surface area contributed by atoms with Crippen LogP contribution in [-0.2, 0) is 12.7 Å². The van der Waals surface area contributed by atoms with Gasteiger partial charge in [-0.15, -0.1) is 0 Å². The molecule has 1 heterocycles. The van der Waals surface area contributed by atoms with E-state index in [0.717, 1.165) is 12.1 Å². The molecule has 1 aliphatic rings. The maximum Gasteiger partial charge on any atom is 0.416 e. The minimum Gasteiger partial charge on any atom is -0.486 e. The molecule has 3 atom stereocenters. The van der Waals surface area contributed by atoms with E-state index in [0.29, 0.717) is 36.6 Å². The summed E-state index contributed by atoms with van der Waals surface area (Å²) in [5, 5.41) is 15.4. The molecule has 42 heavy (non-hydrogen) atoms. The number of nitrogens with zero attached hydrogens (tertiary/aromatic N) is 2. The molecule has 3 N–H and O–H groups in total. The molecule has 8 nitrogen and oxygen atoms in total. The molecule has 0 spiro atoms. The molecule has 4 rings (SSSR count). The van der Waals surface area contributed by atoms with Crippen molar-refractivity contribution >= 4 is 23.3 Å². The Hall–Kier alpha value is -4.09. The Bertz CT molecular complexity index is 1370. The van der Waals surface area contributed by atoms with Crippen LogP contribution in [0.2, 0.25) is 0 Å². The average molecular weight is 585 g/mol. The molecular weight excluding hydrogens is 549 g/mol. The molecule has 0 fully saturated rings. The first kappa shape index (κ1) is 30.9. The predicted octanol–water partition coefficient (Wildman–Crippen LogP) is 5.70. The molecule has 0 saturated heterocycles. The Morgan fingerprint density at radius 1 is 1.07 bits per heavy atom. The highest BCUT2D eigenvalue weighted by atomic mass is 19.4. The van der Waals surface area contributed by atoms with Gasteiger partial charge in [0, 0.05) is 31.2 Å². The van der Waals surface area contributed by atoms with E-state index in [-0.39, 0.29) is 29.7 Å². The highest BCUT2D eigenvalue weighted by Gasteiger charge is 2.35. The zero-order valence-electron chi connectivity index (χ0n) is 23.7. The van der Waals surface area contributed by atoms with Gasteiger partial charge in [0.05, 0.1) is 29.5 Å². The number of rotatable bonds is 8. The number of halogens is 3. The fraction of sp³-hybridized carbons (Fsp3) is 0.355. The van der Waals surface area contributed by atoms with Crippen LogP contribution in [0.15, 0.2) is 72.8 Å². The van der Waals surface area contributed by atoms with E-state index in [1.165, 1.54) is 12.1 Å². The summed E-state index contributed by atoms with van der Waals surface area (Å²) < 4.78 is 45.5. The topological polar surface area (TPSA) is 94.1 Å². The van der Waals surface area contributed by atoms with E-state index in [9.17, 15) is 27.9 Å². The third kappa shape index (κ3) is 7.59. The molecule has 0 bridgehead atoms. The molecule has 11 heteroatoms. The summed E-state index contributed by atoms with van der Waals surface area (Å²) >= 11 is 0. The van der Waals surface area contributed by atoms with Crippen molar-refractivity contribution in [1.82, 2.24) is 9.80 Å². The summed E-state index contributed by atoms with van der Waals surface area (Å²) in [6.07, 6.45) is -4.87. The Morgan fingerprint density at radius 3 is 2.40 bits per heavy atom. The minimum atomic E-state index is -4.40. The number of para-hydroxylation sites is 2. The third-order valence-electron chi connectivity index (χ3n) is 7.20. The number of carbonyl (C=O) groups is 2. The van der Waals surface area contributed by atoms with Crippen LogP contribution in [0, 0.1) is 5.92 Å². The number of urea groups is 1. The van der Waals surface area contributed by atoms with Crippen molar-refractivity contribution in [3.05, 3.63) is 89.5 Å². The Kier molecular flexibility index (Phi) is 9.74. The maximum absolute atomic E-state index is 13.6. The van der Waals surface area contributed by atoms with Gasteiger partial charge in [-0.1, -0.05) is 43.3 Å². The van der Waals surface area contributed by atoms with Crippen molar-refractivity contribution in [2.24, 2.45) is 5.92 Å². The fourth-order valence-electron chi connectivity index (χ4n) is 4.85. The Balaban J connectivity index is 1.60. The van der Waals surface area contributed by atoms with Crippen LogP contribution in [0.25, 0.3) is 0 Å². The molecule has 3 amide bonds. The smallest absolute Gasteiger partial charge is 0.416 e. The van der Waals surface area contributed by atoms with E-state index in [1.807, 2.05) is 24.9 Å². The number of amides is 3. The third-order valence-corrected chi connectivity index (χ3v) is 7.20. The predicted molar refractivity (Wildman–Crippen MR) is 154 cm³/mol. The van der Waals surface area contributed by atoms with Gasteiger partial charge in [0.1, 0.15) is 6.10 Å². The van der Waals surface area contributed by atoms with Gasteiger partial charge < -0.3 is 25.4 Å². The second kappa shape index (κ2) is 13.3. The molecule has 3 aromatic rings. The standard InChI is InChI=1S/C31H35F3N4O4/c1-20-16-38(21(2)19-39)29(40)25-10-7-11-26(36-30(41)35-24-8-5-4-6-9-24)28(25)42-27(20)18-37(3)17-22-12-14-23(15-13-22)31(32,33)34/h4-15,20-21,27,39H,16-19H2,1-3H3,(H2,35,36,41)/t20-,21-,27+/m1/s1. The summed E-state index contributed by atoms with van der Waals surface area (Å²) in [7, 11) is 1.84. The first-order valence-electron chi connectivity index (χ1n) is 13.7. The van der Waals surface area contributed by atoms with E-state index in [2.05, 4.69) is 10.6 Å². The summed E-state index contributed by atoms with van der Waals surface area (Å²) in [4.78, 5) is 30.0. The quantitative estimate of drug-likeness (QED) is 0.316. The maximum atomic E-state index is 13.6. The van der Waals surface area contributed by atoms with E-state index >= 15 is 0 Å². The molecule has 3 aromatic carbocycles. The number of anilines is 2. The molecule has 0 radical (unpaired) electrons. The van der Waals surface area contributed by atoms with E-state index in [4.69, 9.17) is 4.74 Å². The lowest BCUT2D eigenvalue weighted by atomic mass is 9.98. The second-order valence-electron chi connectivity index (χ2n) is 10.6. The van der Waals surface area contributed by atoms with Crippen LogP contribution >= 0.6 is 0 Å². The van der Waals surface area contributed by atoms with E-state index < -0.39 is 29.9 Å². The zero-order chi connectivity index (χ0) is 30.4. The van der Waals surface area contributed by atoms with Crippen LogP contribution in [0.3, 0.4) is 0 Å². The minimum absolute atomic E-state index is 0.197. The average Bonchev–Trinajstić information content (AvgIpc) is 2.95. The Labute approximate surface area is 243 Å². The summed E-state index contributed by atoms with van der Waals surface area (Å²) in [6, 6.07) is 17.9. The van der Waals surface area contributed by atoms with Crippen molar-refractivity contribution in [2.75, 3.05) is 37.4 Å². The first-order valence-corrected chi connectivity index (χ1v) is 13.7. The van der Waals surface area contributed by atoms with Gasteiger partial charge >= 0.3 is 12.2 Å². The van der Waals surface area contributed by atoms with Gasteiger partial charge in [-0.05, 0) is 55.9 Å². The lowest BCUT2D eigenvalue weighted by Crippen LogP contribution is -2.49. The van der Waals surface area contributed by atoms with Gasteiger partial charge in [-0.25, -0.2) is 4.79 Å². The van der Waals surface area contributed by atoms with E-state index in [1.54, 1.807) is 54.3 Å². The molecular formula is C31H35F3N4O4. The molecule has 0 aromatic heterocycles. The number of alkyl halides is 3. The number of nitrogens with one attached hydrogen (secondary N) is 2. The highest BCUT2D eigenvalue weighted by molar-refractivity contribution is 6.04. The van der Waals surface area contributed by atoms with Crippen LogP contribution < -0.4 is 15.4 Å². The normalized spacial score (nSPS) is 18.0. The van der Waals surface area contributed by atoms with Crippen molar-refractivity contribution in [3.63, 3.8) is 0 Å². The zero-order valence-corrected chi connectivity index (χ0v) is 23.7. The van der Waals surface area contributed by atoms with Crippen molar-refractivity contribution in [3.8, 4) is 5.75 Å². The lowest BCUT2D eigenvalue weighted by molar-refractivity contribution is -0.137. The number of fused-ring (bicyclic) bond motifs is 1. The van der Waals surface area contributed by atoms with Crippen molar-refractivity contribution in [1.29, 1.82) is 0 Å². The van der Waals surface area contributed by atoms with Crippen LogP contribution in [0.5, 0.6) is 5.75 Å². The number of aliphatic hydroxyl groups is 1. The number of benzene rings is 3. The number of aliphatic hydroxyl groups excluding tert-OH is 1. The largest absolute Gasteiger partial charge is 0.486 e. The molecule has 224 valence electrons. The summed E-state index contributed by atoms with van der Waals surface area (Å²) in [5.74, 6) is -0.320. The molecule has 0 saturated carbocycles. The number of hydrogen-bond acceptors (Lipinski definition) is 5. The van der Waals surface area contributed by atoms with Gasteiger partial charge in [0.25, 0.3) is 5.91 Å². The molecule has 1 aliphatic heterocycles. The van der Waals surface area contributed by atoms with Gasteiger partial charge in [-0.3, -0.25) is 9.69 Å². The van der Waals surface area contributed by atoms with Crippen LogP contribution in [0.4, 0.5) is 29.3 Å². The van der Waals surface area contributed by atoms with Crippen molar-refractivity contribution < 1.29 is 32.6 Å². The van der Waals surface area contributed by atoms with Crippen molar-refractivity contribution in [2.45, 2.75) is 38.7 Å². The summed E-state index contributed by atoms with van der Waals surface area (Å²) in [6.45, 7) is 4.52. The van der Waals surface area contributed by atoms with Gasteiger partial charge in [0.15, 0.2) is 5.75 Å². The number of carbonyl (C=O) groups excluding carboxylic acids is 2. The number of ether oxygens (including phenoxy) is 1. The number of hydrogen-bond donors (Lipinski definition) is 3. The molecule has 0 aliphatic carbocycles. The molecule has 0 unspecified atom stereocenters. The Morgan fingerprint density at radius 2 is 1.76 bits per heavy atom. The van der Waals surface area contributed by atoms with Gasteiger partial charge in [0.2, 0.25) is 0 Å². The second-order valence-corrected chi connectivity index (χ2v) is 10.6. The summed E-state index contributed by atoms with van der Waals surface area (Å²) in [5.41, 5.74) is 1.13. The number of likely N-dealkylation sites (N-methyl/N-ethyl adjacent to an activating group) is 1. The van der Waals surface area contributed by atoms with Crippen LogP contribution in [-0.4, -0.2) is 65.7 Å². The first-order chi connectivity index (χ1) is 20.0. The SMILES string of the molecule is C[C@@H]1CN([C@H](C)CO)C(=O)c2cccc(NC(=O)Nc3ccccc3)c2O[C@H]1CN(C)Cc1ccc(C(F)(F)F)cc1. The van der Waals surface area contributed by atoms with Gasteiger partial charge in [-0.2, -0.15) is 13.2 Å². The monoisotopic (exact) mass is 584 g/mol.